The summed E-state index contributed by atoms with van der Waals surface area (Å²) in [6.45, 7) is -0.187. The monoisotopic (exact) mass is 597 g/mol. The van der Waals surface area contributed by atoms with Crippen LogP contribution in [0.4, 0.5) is 0 Å². The van der Waals surface area contributed by atoms with E-state index in [1.807, 2.05) is 42.5 Å². The number of benzene rings is 4. The molecule has 2 aliphatic rings. The molecule has 0 bridgehead atoms. The molecule has 0 fully saturated rings. The van der Waals surface area contributed by atoms with Gasteiger partial charge in [-0.05, 0) is 65.6 Å². The summed E-state index contributed by atoms with van der Waals surface area (Å²) < 4.78 is 42.9. The van der Waals surface area contributed by atoms with Crippen molar-refractivity contribution in [3.8, 4) is 11.5 Å². The van der Waals surface area contributed by atoms with Gasteiger partial charge in [0.2, 0.25) is 9.84 Å². The van der Waals surface area contributed by atoms with Crippen LogP contribution in [0.15, 0.2) is 94.7 Å². The van der Waals surface area contributed by atoms with Gasteiger partial charge >= 0.3 is 5.97 Å². The summed E-state index contributed by atoms with van der Waals surface area (Å²) in [5, 5.41) is 0. The molecule has 1 atom stereocenters. The Bertz CT molecular complexity index is 1880. The second-order valence-electron chi connectivity index (χ2n) is 10.2. The average molecular weight is 598 g/mol. The summed E-state index contributed by atoms with van der Waals surface area (Å²) >= 11 is 0. The molecule has 1 amide bonds. The smallest absolute Gasteiger partial charge is 0.338 e. The second-order valence-corrected chi connectivity index (χ2v) is 12.1. The summed E-state index contributed by atoms with van der Waals surface area (Å²) in [4.78, 5) is 40.8. The maximum absolute atomic E-state index is 13.6. The number of ether oxygens (including phenoxy) is 3. The number of ketones is 1. The largest absolute Gasteiger partial charge is 0.493 e. The molecule has 4 aromatic carbocycles. The van der Waals surface area contributed by atoms with E-state index in [0.29, 0.717) is 24.5 Å². The minimum Gasteiger partial charge on any atom is -0.493 e. The maximum Gasteiger partial charge on any atom is 0.338 e. The fraction of sp³-hybridized carbons (Fsp3) is 0.182. The zero-order valence-corrected chi connectivity index (χ0v) is 24.2. The molecular weight excluding hydrogens is 570 g/mol. The zero-order valence-electron chi connectivity index (χ0n) is 23.4. The van der Waals surface area contributed by atoms with Gasteiger partial charge in [-0.15, -0.1) is 0 Å². The van der Waals surface area contributed by atoms with Crippen molar-refractivity contribution >= 4 is 27.5 Å². The van der Waals surface area contributed by atoms with Gasteiger partial charge in [-0.1, -0.05) is 42.5 Å². The van der Waals surface area contributed by atoms with Gasteiger partial charge in [-0.3, -0.25) is 9.59 Å². The Morgan fingerprint density at radius 1 is 0.837 bits per heavy atom. The quantitative estimate of drug-likeness (QED) is 0.264. The highest BCUT2D eigenvalue weighted by Crippen LogP contribution is 2.41. The average Bonchev–Trinajstić information content (AvgIpc) is 3.05. The van der Waals surface area contributed by atoms with Crippen LogP contribution in [0.3, 0.4) is 0 Å². The highest BCUT2D eigenvalue weighted by Gasteiger charge is 2.36. The molecule has 9 nitrogen and oxygen atoms in total. The van der Waals surface area contributed by atoms with Crippen molar-refractivity contribution in [1.29, 1.82) is 0 Å². The fourth-order valence-corrected chi connectivity index (χ4v) is 7.39. The summed E-state index contributed by atoms with van der Waals surface area (Å²) in [5.74, 6) is -0.609. The van der Waals surface area contributed by atoms with Crippen LogP contribution in [0.5, 0.6) is 11.5 Å². The molecule has 0 N–H and O–H groups in total. The maximum atomic E-state index is 13.6. The molecule has 0 aromatic heterocycles. The number of esters is 1. The lowest BCUT2D eigenvalue weighted by atomic mass is 9.87. The number of sulfone groups is 1. The van der Waals surface area contributed by atoms with Gasteiger partial charge < -0.3 is 19.1 Å². The number of hydrogen-bond donors (Lipinski definition) is 0. The molecular formula is C33H27NO8S. The van der Waals surface area contributed by atoms with E-state index in [1.165, 1.54) is 30.3 Å². The Balaban J connectivity index is 1.26. The van der Waals surface area contributed by atoms with Crippen LogP contribution in [0, 0.1) is 0 Å². The predicted octanol–water partition coefficient (Wildman–Crippen LogP) is 4.41. The third-order valence-electron chi connectivity index (χ3n) is 7.81. The first-order valence-electron chi connectivity index (χ1n) is 13.5. The van der Waals surface area contributed by atoms with Gasteiger partial charge in [0.05, 0.1) is 35.6 Å². The number of rotatable bonds is 6. The highest BCUT2D eigenvalue weighted by molar-refractivity contribution is 7.91. The first-order valence-corrected chi connectivity index (χ1v) is 15.0. The van der Waals surface area contributed by atoms with E-state index in [0.717, 1.165) is 22.8 Å². The summed E-state index contributed by atoms with van der Waals surface area (Å²) in [6.07, 6.45) is 0.552. The topological polar surface area (TPSA) is 116 Å². The van der Waals surface area contributed by atoms with Crippen LogP contribution in [0.25, 0.3) is 0 Å². The standard InChI is InChI=1S/C33H27NO8S/c1-40-26-16-21-14-15-34(31(20-8-4-3-5-9-20)25(21)18-27(26)41-2)30(35)19-42-33(37)22-12-13-24-29(17-22)43(38,39)28-11-7-6-10-23(28)32(24)36/h3-13,16-18,31H,14-15,19H2,1-2H3/t31-/m0/s1. The molecule has 4 aromatic rings. The molecule has 0 saturated heterocycles. The summed E-state index contributed by atoms with van der Waals surface area (Å²) in [6, 6.07) is 22.6. The van der Waals surface area contributed by atoms with Crippen molar-refractivity contribution < 1.29 is 37.0 Å². The number of carbonyl (C=O) groups excluding carboxylic acids is 3. The molecule has 2 aliphatic heterocycles. The lowest BCUT2D eigenvalue weighted by Crippen LogP contribution is -2.42. The van der Waals surface area contributed by atoms with E-state index in [-0.39, 0.29) is 26.5 Å². The number of nitrogens with zero attached hydrogens (tertiary/aromatic N) is 1. The molecule has 2 heterocycles. The SMILES string of the molecule is COc1cc2c(cc1OC)[C@H](c1ccccc1)N(C(=O)COC(=O)c1ccc3c(c1)S(=O)(=O)c1ccccc1C3=O)CC2. The molecule has 218 valence electrons. The molecule has 0 aliphatic carbocycles. The van der Waals surface area contributed by atoms with Gasteiger partial charge in [0.1, 0.15) is 0 Å². The predicted molar refractivity (Wildman–Crippen MR) is 155 cm³/mol. The Morgan fingerprint density at radius 2 is 1.51 bits per heavy atom. The molecule has 0 spiro atoms. The van der Waals surface area contributed by atoms with Crippen LogP contribution in [0.1, 0.15) is 49.0 Å². The van der Waals surface area contributed by atoms with Crippen LogP contribution in [0.2, 0.25) is 0 Å². The van der Waals surface area contributed by atoms with E-state index in [4.69, 9.17) is 14.2 Å². The van der Waals surface area contributed by atoms with Crippen molar-refractivity contribution in [3.63, 3.8) is 0 Å². The number of fused-ring (bicyclic) bond motifs is 3. The van der Waals surface area contributed by atoms with Gasteiger partial charge in [0.15, 0.2) is 23.9 Å². The first-order chi connectivity index (χ1) is 20.7. The van der Waals surface area contributed by atoms with E-state index < -0.39 is 40.1 Å². The van der Waals surface area contributed by atoms with E-state index in [9.17, 15) is 22.8 Å². The normalized spacial score (nSPS) is 16.4. The second kappa shape index (κ2) is 11.0. The van der Waals surface area contributed by atoms with Crippen molar-refractivity contribution in [2.75, 3.05) is 27.4 Å². The van der Waals surface area contributed by atoms with E-state index in [1.54, 1.807) is 25.2 Å². The highest BCUT2D eigenvalue weighted by atomic mass is 32.2. The van der Waals surface area contributed by atoms with Gasteiger partial charge in [-0.25, -0.2) is 13.2 Å². The van der Waals surface area contributed by atoms with Crippen molar-refractivity contribution in [3.05, 3.63) is 118 Å². The molecule has 0 saturated carbocycles. The molecule has 0 unspecified atom stereocenters. The lowest BCUT2D eigenvalue weighted by molar-refractivity contribution is -0.136. The molecule has 43 heavy (non-hydrogen) atoms. The summed E-state index contributed by atoms with van der Waals surface area (Å²) in [7, 11) is -0.920. The Hall–Kier alpha value is -4.96. The number of methoxy groups -OCH3 is 2. The third-order valence-corrected chi connectivity index (χ3v) is 9.66. The van der Waals surface area contributed by atoms with Gasteiger partial charge in [0.25, 0.3) is 5.91 Å². The number of hydrogen-bond acceptors (Lipinski definition) is 8. The van der Waals surface area contributed by atoms with E-state index >= 15 is 0 Å². The van der Waals surface area contributed by atoms with Gasteiger partial charge in [0, 0.05) is 17.7 Å². The van der Waals surface area contributed by atoms with E-state index in [2.05, 4.69) is 0 Å². The van der Waals surface area contributed by atoms with Crippen molar-refractivity contribution in [1.82, 2.24) is 4.90 Å². The third kappa shape index (κ3) is 4.83. The zero-order chi connectivity index (χ0) is 30.3. The van der Waals surface area contributed by atoms with Crippen LogP contribution in [-0.4, -0.2) is 58.3 Å². The minimum atomic E-state index is -4.04. The van der Waals surface area contributed by atoms with Crippen molar-refractivity contribution in [2.45, 2.75) is 22.3 Å². The van der Waals surface area contributed by atoms with Crippen LogP contribution >= 0.6 is 0 Å². The number of amides is 1. The molecule has 6 rings (SSSR count). The van der Waals surface area contributed by atoms with Crippen LogP contribution < -0.4 is 9.47 Å². The van der Waals surface area contributed by atoms with Gasteiger partial charge in [-0.2, -0.15) is 0 Å². The minimum absolute atomic E-state index is 0.0175. The Kier molecular flexibility index (Phi) is 7.23. The molecule has 0 radical (unpaired) electrons. The van der Waals surface area contributed by atoms with Crippen LogP contribution in [-0.2, 0) is 25.8 Å². The lowest BCUT2D eigenvalue weighted by Gasteiger charge is -2.38. The Labute approximate surface area is 248 Å². The summed E-state index contributed by atoms with van der Waals surface area (Å²) in [5.41, 5.74) is 2.75. The van der Waals surface area contributed by atoms with Crippen molar-refractivity contribution in [2.24, 2.45) is 0 Å². The number of carbonyl (C=O) groups is 3. The first kappa shape index (κ1) is 28.2. The Morgan fingerprint density at radius 3 is 2.26 bits per heavy atom. The fourth-order valence-electron chi connectivity index (χ4n) is 5.71. The molecule has 10 heteroatoms.